The van der Waals surface area contributed by atoms with Crippen molar-refractivity contribution < 1.29 is 4.79 Å². The highest BCUT2D eigenvalue weighted by Crippen LogP contribution is 2.42. The van der Waals surface area contributed by atoms with Crippen molar-refractivity contribution in [2.45, 2.75) is 27.7 Å². The number of nitrogens with zero attached hydrogens (tertiary/aromatic N) is 7. The average molecular weight is 398 g/mol. The molecule has 1 aliphatic rings. The number of rotatable bonds is 4. The lowest BCUT2D eigenvalue weighted by molar-refractivity contribution is 0.0985. The summed E-state index contributed by atoms with van der Waals surface area (Å²) in [5, 5.41) is 9.16. The van der Waals surface area contributed by atoms with E-state index in [0.29, 0.717) is 36.2 Å². The summed E-state index contributed by atoms with van der Waals surface area (Å²) in [4.78, 5) is 30.5. The quantitative estimate of drug-likeness (QED) is 0.721. The zero-order valence-electron chi connectivity index (χ0n) is 16.5. The molecule has 4 rings (SSSR count). The summed E-state index contributed by atoms with van der Waals surface area (Å²) in [6.45, 7) is 9.03. The van der Waals surface area contributed by atoms with Gasteiger partial charge in [0.15, 0.2) is 11.5 Å². The maximum absolute atomic E-state index is 13.1. The Kier molecular flexibility index (Phi) is 4.50. The van der Waals surface area contributed by atoms with Crippen molar-refractivity contribution in [2.24, 2.45) is 7.05 Å². The molecule has 0 saturated heterocycles. The molecule has 3 aromatic rings. The predicted octanol–water partition coefficient (Wildman–Crippen LogP) is 3.17. The van der Waals surface area contributed by atoms with E-state index in [2.05, 4.69) is 20.4 Å². The Bertz CT molecular complexity index is 1060. The molecule has 0 bridgehead atoms. The molecule has 1 aliphatic heterocycles. The van der Waals surface area contributed by atoms with E-state index >= 15 is 0 Å². The molecule has 0 fully saturated rings. The summed E-state index contributed by atoms with van der Waals surface area (Å²) in [6.07, 6.45) is 3.44. The third-order valence-electron chi connectivity index (χ3n) is 4.82. The van der Waals surface area contributed by atoms with Gasteiger partial charge in [-0.2, -0.15) is 10.1 Å². The van der Waals surface area contributed by atoms with Crippen LogP contribution in [-0.4, -0.2) is 43.7 Å². The van der Waals surface area contributed by atoms with E-state index in [-0.39, 0.29) is 5.91 Å². The normalized spacial score (nSPS) is 13.4. The van der Waals surface area contributed by atoms with Crippen LogP contribution in [0.2, 0.25) is 0 Å². The van der Waals surface area contributed by atoms with Crippen molar-refractivity contribution in [3.8, 4) is 0 Å². The first-order valence-corrected chi connectivity index (χ1v) is 9.95. The highest BCUT2D eigenvalue weighted by atomic mass is 32.1. The Balaban J connectivity index is 1.84. The first kappa shape index (κ1) is 18.4. The molecule has 0 aliphatic carbocycles. The summed E-state index contributed by atoms with van der Waals surface area (Å²) in [7, 11) is 1.88. The lowest BCUT2D eigenvalue weighted by Crippen LogP contribution is -2.30. The number of hydrogen-bond donors (Lipinski definition) is 1. The smallest absolute Gasteiger partial charge is 0.280 e. The van der Waals surface area contributed by atoms with Crippen molar-refractivity contribution in [1.29, 1.82) is 0 Å². The summed E-state index contributed by atoms with van der Waals surface area (Å²) in [5.41, 5.74) is 2.99. The van der Waals surface area contributed by atoms with Crippen LogP contribution < -0.4 is 15.1 Å². The summed E-state index contributed by atoms with van der Waals surface area (Å²) >= 11 is 1.50. The molecule has 1 amide bonds. The van der Waals surface area contributed by atoms with E-state index in [0.717, 1.165) is 21.4 Å². The van der Waals surface area contributed by atoms with E-state index < -0.39 is 0 Å². The van der Waals surface area contributed by atoms with Crippen molar-refractivity contribution in [1.82, 2.24) is 24.7 Å². The molecule has 0 atom stereocenters. The highest BCUT2D eigenvalue weighted by molar-refractivity contribution is 7.16. The number of carbonyl (C=O) groups excluding carboxylic acids is 1. The third-order valence-corrected chi connectivity index (χ3v) is 5.81. The van der Waals surface area contributed by atoms with Crippen molar-refractivity contribution in [2.75, 3.05) is 28.2 Å². The van der Waals surface area contributed by atoms with Crippen molar-refractivity contribution in [3.05, 3.63) is 28.8 Å². The van der Waals surface area contributed by atoms with E-state index in [4.69, 9.17) is 4.98 Å². The topological polar surface area (TPSA) is 92.1 Å². The number of aromatic nitrogens is 5. The van der Waals surface area contributed by atoms with Crippen LogP contribution in [0.4, 0.5) is 28.1 Å². The van der Waals surface area contributed by atoms with Gasteiger partial charge in [0.25, 0.3) is 5.91 Å². The minimum atomic E-state index is -0.119. The Labute approximate surface area is 167 Å². The summed E-state index contributed by atoms with van der Waals surface area (Å²) in [6, 6.07) is 0. The molecule has 0 radical (unpaired) electrons. The fourth-order valence-corrected chi connectivity index (χ4v) is 4.21. The van der Waals surface area contributed by atoms with Gasteiger partial charge in [0, 0.05) is 20.1 Å². The number of aryl methyl sites for hydroxylation is 2. The number of anilines is 5. The molecule has 0 unspecified atom stereocenters. The molecule has 1 N–H and O–H groups in total. The Morgan fingerprint density at radius 2 is 1.86 bits per heavy atom. The lowest BCUT2D eigenvalue weighted by atomic mass is 10.3. The van der Waals surface area contributed by atoms with Crippen LogP contribution in [0.15, 0.2) is 12.4 Å². The van der Waals surface area contributed by atoms with Gasteiger partial charge < -0.3 is 15.1 Å². The second-order valence-electron chi connectivity index (χ2n) is 6.48. The first-order valence-electron chi connectivity index (χ1n) is 9.14. The largest absolute Gasteiger partial charge is 0.321 e. The summed E-state index contributed by atoms with van der Waals surface area (Å²) < 4.78 is 1.79. The van der Waals surface area contributed by atoms with Crippen molar-refractivity contribution in [3.63, 3.8) is 0 Å². The van der Waals surface area contributed by atoms with E-state index in [1.54, 1.807) is 22.0 Å². The average Bonchev–Trinajstić information content (AvgIpc) is 3.19. The third kappa shape index (κ3) is 2.80. The van der Waals surface area contributed by atoms with Crippen LogP contribution in [0.1, 0.15) is 35.0 Å². The van der Waals surface area contributed by atoms with E-state index in [1.807, 2.05) is 39.6 Å². The molecule has 0 spiro atoms. The molecule has 4 heterocycles. The molecule has 10 heteroatoms. The minimum Gasteiger partial charge on any atom is -0.321 e. The van der Waals surface area contributed by atoms with Crippen LogP contribution in [0.25, 0.3) is 0 Å². The maximum atomic E-state index is 13.1. The lowest BCUT2D eigenvalue weighted by Gasteiger charge is -2.24. The second kappa shape index (κ2) is 6.86. The van der Waals surface area contributed by atoms with Crippen LogP contribution >= 0.6 is 11.3 Å². The zero-order chi connectivity index (χ0) is 20.0. The van der Waals surface area contributed by atoms with Gasteiger partial charge in [-0.1, -0.05) is 0 Å². The van der Waals surface area contributed by atoms with Crippen LogP contribution in [0, 0.1) is 13.8 Å². The molecule has 0 aromatic carbocycles. The number of nitrogens with one attached hydrogen (secondary N) is 1. The first-order chi connectivity index (χ1) is 13.4. The SMILES string of the molecule is CCN1C(=O)c2nc(C)sc2N(CC)c2nc(Nc3cnn(C)c3C)ncc21. The molecule has 146 valence electrons. The number of carbonyl (C=O) groups is 1. The molecular formula is C18H22N8OS. The Morgan fingerprint density at radius 1 is 1.11 bits per heavy atom. The van der Waals surface area contributed by atoms with Crippen LogP contribution in [0.3, 0.4) is 0 Å². The number of amides is 1. The molecule has 28 heavy (non-hydrogen) atoms. The Hall–Kier alpha value is -3.01. The van der Waals surface area contributed by atoms with Gasteiger partial charge >= 0.3 is 0 Å². The monoisotopic (exact) mass is 398 g/mol. The molecule has 9 nitrogen and oxygen atoms in total. The van der Waals surface area contributed by atoms with Gasteiger partial charge in [-0.05, 0) is 27.7 Å². The standard InChI is InChI=1S/C18H22N8OS/c1-6-25-13-9-19-18(22-12-8-20-24(5)10(12)3)23-15(13)26(7-2)17-14(16(25)27)21-11(4)28-17/h8-9H,6-7H2,1-5H3,(H,19,22,23). The molecular weight excluding hydrogens is 376 g/mol. The van der Waals surface area contributed by atoms with Gasteiger partial charge in [0.2, 0.25) is 5.95 Å². The second-order valence-corrected chi connectivity index (χ2v) is 7.66. The van der Waals surface area contributed by atoms with Gasteiger partial charge in [0.1, 0.15) is 10.7 Å². The number of hydrogen-bond acceptors (Lipinski definition) is 8. The number of fused-ring (bicyclic) bond motifs is 2. The fourth-order valence-electron chi connectivity index (χ4n) is 3.24. The van der Waals surface area contributed by atoms with Gasteiger partial charge in [-0.3, -0.25) is 9.48 Å². The highest BCUT2D eigenvalue weighted by Gasteiger charge is 2.34. The van der Waals surface area contributed by atoms with E-state index in [1.165, 1.54) is 11.3 Å². The Morgan fingerprint density at radius 3 is 2.50 bits per heavy atom. The molecule has 0 saturated carbocycles. The maximum Gasteiger partial charge on any atom is 0.280 e. The predicted molar refractivity (Wildman–Crippen MR) is 110 cm³/mol. The van der Waals surface area contributed by atoms with Gasteiger partial charge in [-0.15, -0.1) is 11.3 Å². The van der Waals surface area contributed by atoms with Crippen LogP contribution in [-0.2, 0) is 7.05 Å². The fraction of sp³-hybridized carbons (Fsp3) is 0.389. The number of thiazole rings is 1. The molecule has 3 aromatic heterocycles. The van der Waals surface area contributed by atoms with Crippen molar-refractivity contribution >= 4 is 45.4 Å². The van der Waals surface area contributed by atoms with Gasteiger partial charge in [0.05, 0.1) is 28.8 Å². The zero-order valence-corrected chi connectivity index (χ0v) is 17.3. The van der Waals surface area contributed by atoms with Crippen LogP contribution in [0.5, 0.6) is 0 Å². The van der Waals surface area contributed by atoms with E-state index in [9.17, 15) is 4.79 Å². The summed E-state index contributed by atoms with van der Waals surface area (Å²) in [5.74, 6) is 1.03. The minimum absolute atomic E-state index is 0.119. The van der Waals surface area contributed by atoms with Gasteiger partial charge in [-0.25, -0.2) is 9.97 Å².